The quantitative estimate of drug-likeness (QED) is 0.620. The molecule has 1 heterocycles. The molecular weight excluding hydrogens is 365 g/mol. The summed E-state index contributed by atoms with van der Waals surface area (Å²) in [6.07, 6.45) is 3.89. The largest absolute Gasteiger partial charge is 0.353 e. The van der Waals surface area contributed by atoms with Crippen molar-refractivity contribution in [1.29, 1.82) is 5.41 Å². The lowest BCUT2D eigenvalue weighted by atomic mass is 9.90. The van der Waals surface area contributed by atoms with Crippen molar-refractivity contribution >= 4 is 23.0 Å². The van der Waals surface area contributed by atoms with Crippen LogP contribution in [0, 0.1) is 17.1 Å². The van der Waals surface area contributed by atoms with Crippen LogP contribution < -0.4 is 5.32 Å². The standard InChI is InChI=1S/C24H26FN3O/c1-15(2)24(29)27-19-7-9-23-21(12-19)20-11-16(13-26)6-8-22(20)28(23)14-17-4-3-5-18(25)10-17/h3-6,8,10-11,13,15,19,26H,7,9,12,14H2,1-2H3,(H,27,29)/t19-/m1/s1. The van der Waals surface area contributed by atoms with Gasteiger partial charge in [-0.25, -0.2) is 4.39 Å². The number of aromatic nitrogens is 1. The highest BCUT2D eigenvalue weighted by molar-refractivity contribution is 5.92. The Kier molecular flexibility index (Phi) is 5.22. The number of fused-ring (bicyclic) bond motifs is 3. The average Bonchev–Trinajstić information content (AvgIpc) is 3.00. The van der Waals surface area contributed by atoms with Gasteiger partial charge in [-0.1, -0.05) is 32.0 Å². The minimum Gasteiger partial charge on any atom is -0.353 e. The first-order valence-electron chi connectivity index (χ1n) is 10.2. The van der Waals surface area contributed by atoms with E-state index in [0.29, 0.717) is 6.54 Å². The Labute approximate surface area is 170 Å². The zero-order valence-electron chi connectivity index (χ0n) is 16.8. The van der Waals surface area contributed by atoms with Gasteiger partial charge >= 0.3 is 0 Å². The van der Waals surface area contributed by atoms with Crippen LogP contribution in [0.4, 0.5) is 4.39 Å². The average molecular weight is 391 g/mol. The Morgan fingerprint density at radius 3 is 2.86 bits per heavy atom. The van der Waals surface area contributed by atoms with E-state index in [1.165, 1.54) is 23.5 Å². The second kappa shape index (κ2) is 7.82. The van der Waals surface area contributed by atoms with Crippen LogP contribution in [-0.2, 0) is 24.2 Å². The van der Waals surface area contributed by atoms with E-state index < -0.39 is 0 Å². The summed E-state index contributed by atoms with van der Waals surface area (Å²) in [5.41, 5.74) is 5.37. The first-order valence-corrected chi connectivity index (χ1v) is 10.2. The van der Waals surface area contributed by atoms with E-state index in [0.717, 1.165) is 41.3 Å². The second-order valence-corrected chi connectivity index (χ2v) is 8.17. The molecule has 5 heteroatoms. The molecule has 1 aliphatic rings. The van der Waals surface area contributed by atoms with Crippen LogP contribution in [0.15, 0.2) is 42.5 Å². The van der Waals surface area contributed by atoms with Gasteiger partial charge in [0.1, 0.15) is 5.82 Å². The van der Waals surface area contributed by atoms with Gasteiger partial charge in [0, 0.05) is 41.3 Å². The molecule has 3 aromatic rings. The third-order valence-corrected chi connectivity index (χ3v) is 5.76. The minimum absolute atomic E-state index is 0.0322. The van der Waals surface area contributed by atoms with E-state index in [4.69, 9.17) is 5.41 Å². The van der Waals surface area contributed by atoms with Crippen molar-refractivity contribution < 1.29 is 9.18 Å². The van der Waals surface area contributed by atoms with Crippen LogP contribution >= 0.6 is 0 Å². The van der Waals surface area contributed by atoms with Crippen LogP contribution in [-0.4, -0.2) is 22.7 Å². The van der Waals surface area contributed by atoms with E-state index in [2.05, 4.69) is 22.0 Å². The Bertz CT molecular complexity index is 1080. The van der Waals surface area contributed by atoms with Gasteiger partial charge in [-0.05, 0) is 60.2 Å². The number of carbonyl (C=O) groups is 1. The highest BCUT2D eigenvalue weighted by atomic mass is 19.1. The van der Waals surface area contributed by atoms with Crippen molar-refractivity contribution in [1.82, 2.24) is 9.88 Å². The molecule has 4 rings (SSSR count). The van der Waals surface area contributed by atoms with Crippen molar-refractivity contribution in [3.63, 3.8) is 0 Å². The first-order chi connectivity index (χ1) is 14.0. The van der Waals surface area contributed by atoms with E-state index >= 15 is 0 Å². The zero-order chi connectivity index (χ0) is 20.5. The molecule has 0 saturated carbocycles. The van der Waals surface area contributed by atoms with Crippen molar-refractivity contribution in [3.05, 3.63) is 70.7 Å². The fourth-order valence-corrected chi connectivity index (χ4v) is 4.25. The third kappa shape index (κ3) is 3.82. The number of halogens is 1. The molecule has 1 aliphatic carbocycles. The molecular formula is C24H26FN3O. The molecule has 2 aromatic carbocycles. The van der Waals surface area contributed by atoms with Gasteiger partial charge in [-0.3, -0.25) is 4.79 Å². The topological polar surface area (TPSA) is 57.9 Å². The number of nitrogens with one attached hydrogen (secondary N) is 2. The maximum absolute atomic E-state index is 13.7. The lowest BCUT2D eigenvalue weighted by Gasteiger charge is -2.26. The molecule has 0 bridgehead atoms. The van der Waals surface area contributed by atoms with Gasteiger partial charge in [-0.15, -0.1) is 0 Å². The normalized spacial score (nSPS) is 16.1. The molecule has 29 heavy (non-hydrogen) atoms. The Morgan fingerprint density at radius 1 is 1.31 bits per heavy atom. The maximum atomic E-state index is 13.7. The molecule has 0 fully saturated rings. The monoisotopic (exact) mass is 391 g/mol. The summed E-state index contributed by atoms with van der Waals surface area (Å²) in [7, 11) is 0. The molecule has 2 N–H and O–H groups in total. The summed E-state index contributed by atoms with van der Waals surface area (Å²) in [6, 6.07) is 12.9. The molecule has 4 nitrogen and oxygen atoms in total. The highest BCUT2D eigenvalue weighted by Gasteiger charge is 2.27. The fraction of sp³-hybridized carbons (Fsp3) is 0.333. The van der Waals surface area contributed by atoms with E-state index in [1.54, 1.807) is 12.1 Å². The molecule has 0 saturated heterocycles. The third-order valence-electron chi connectivity index (χ3n) is 5.76. The lowest BCUT2D eigenvalue weighted by molar-refractivity contribution is -0.124. The second-order valence-electron chi connectivity index (χ2n) is 8.17. The summed E-state index contributed by atoms with van der Waals surface area (Å²) in [4.78, 5) is 12.2. The van der Waals surface area contributed by atoms with E-state index in [1.807, 2.05) is 26.0 Å². The Morgan fingerprint density at radius 2 is 2.14 bits per heavy atom. The van der Waals surface area contributed by atoms with Crippen LogP contribution in [0.25, 0.3) is 10.9 Å². The number of rotatable bonds is 5. The summed E-state index contributed by atoms with van der Waals surface area (Å²) in [6.45, 7) is 4.42. The van der Waals surface area contributed by atoms with Gasteiger partial charge in [-0.2, -0.15) is 0 Å². The number of benzene rings is 2. The molecule has 1 amide bonds. The van der Waals surface area contributed by atoms with Crippen LogP contribution in [0.1, 0.15) is 42.7 Å². The van der Waals surface area contributed by atoms with E-state index in [9.17, 15) is 9.18 Å². The molecule has 0 spiro atoms. The summed E-state index contributed by atoms with van der Waals surface area (Å²) in [5.74, 6) is -0.173. The van der Waals surface area contributed by atoms with Crippen molar-refractivity contribution in [2.45, 2.75) is 45.7 Å². The lowest BCUT2D eigenvalue weighted by Crippen LogP contribution is -2.41. The number of carbonyl (C=O) groups excluding carboxylic acids is 1. The van der Waals surface area contributed by atoms with Crippen LogP contribution in [0.3, 0.4) is 0 Å². The molecule has 0 unspecified atom stereocenters. The zero-order valence-corrected chi connectivity index (χ0v) is 16.8. The maximum Gasteiger partial charge on any atom is 0.222 e. The SMILES string of the molecule is CC(C)C(=O)N[C@@H]1CCc2c(c3cc(C=N)ccc3n2Cc2cccc(F)c2)C1. The Balaban J connectivity index is 1.76. The molecule has 0 aliphatic heterocycles. The number of hydrogen-bond acceptors (Lipinski definition) is 2. The van der Waals surface area contributed by atoms with E-state index in [-0.39, 0.29) is 23.7 Å². The summed E-state index contributed by atoms with van der Waals surface area (Å²) >= 11 is 0. The number of hydrogen-bond donors (Lipinski definition) is 2. The van der Waals surface area contributed by atoms with Gasteiger partial charge in [0.05, 0.1) is 0 Å². The number of amides is 1. The highest BCUT2D eigenvalue weighted by Crippen LogP contribution is 2.33. The van der Waals surface area contributed by atoms with Crippen molar-refractivity contribution in [2.75, 3.05) is 0 Å². The number of nitrogens with zero attached hydrogens (tertiary/aromatic N) is 1. The molecule has 1 atom stereocenters. The molecule has 0 radical (unpaired) electrons. The van der Waals surface area contributed by atoms with Gasteiger partial charge in [0.25, 0.3) is 0 Å². The van der Waals surface area contributed by atoms with Gasteiger partial charge in [0.15, 0.2) is 0 Å². The molecule has 150 valence electrons. The first kappa shape index (κ1) is 19.4. The van der Waals surface area contributed by atoms with Gasteiger partial charge < -0.3 is 15.3 Å². The van der Waals surface area contributed by atoms with Crippen LogP contribution in [0.2, 0.25) is 0 Å². The van der Waals surface area contributed by atoms with Gasteiger partial charge in [0.2, 0.25) is 5.91 Å². The smallest absolute Gasteiger partial charge is 0.222 e. The van der Waals surface area contributed by atoms with Crippen molar-refractivity contribution in [2.24, 2.45) is 5.92 Å². The van der Waals surface area contributed by atoms with Crippen LogP contribution in [0.5, 0.6) is 0 Å². The Hall–Kier alpha value is -2.95. The summed E-state index contributed by atoms with van der Waals surface area (Å²) in [5, 5.41) is 11.9. The summed E-state index contributed by atoms with van der Waals surface area (Å²) < 4.78 is 16.0. The molecule has 1 aromatic heterocycles. The fourth-order valence-electron chi connectivity index (χ4n) is 4.25. The predicted molar refractivity (Wildman–Crippen MR) is 114 cm³/mol. The predicted octanol–water partition coefficient (Wildman–Crippen LogP) is 4.46. The minimum atomic E-state index is -0.226. The van der Waals surface area contributed by atoms with Crippen molar-refractivity contribution in [3.8, 4) is 0 Å².